The van der Waals surface area contributed by atoms with Crippen LogP contribution in [0.2, 0.25) is 0 Å². The summed E-state index contributed by atoms with van der Waals surface area (Å²) < 4.78 is 0. The minimum absolute atomic E-state index is 0. The van der Waals surface area contributed by atoms with Crippen molar-refractivity contribution in [2.24, 2.45) is 0 Å². The van der Waals surface area contributed by atoms with Crippen molar-refractivity contribution in [2.45, 2.75) is 93.9 Å². The van der Waals surface area contributed by atoms with Crippen molar-refractivity contribution in [1.29, 1.82) is 0 Å². The number of unbranched alkanes of at least 4 members (excludes halogenated alkanes) is 4. The van der Waals surface area contributed by atoms with Gasteiger partial charge in [-0.15, -0.1) is 0 Å². The van der Waals surface area contributed by atoms with Crippen molar-refractivity contribution in [3.8, 4) is 0 Å². The van der Waals surface area contributed by atoms with Gasteiger partial charge < -0.3 is 46.0 Å². The standard InChI is InChI=1S/2C5H11.2C3H7.2C2H5.H2O.2Ti/c2*1-3-5-4-2;2*1-3-2;2*1-2;;;/h2*1,3-5H2,2H3;2*3H,1-2H3;2*1H2,2H3;1H2;;/q6*-1;;2*+3. The first-order valence-electron chi connectivity index (χ1n) is 8.14. The summed E-state index contributed by atoms with van der Waals surface area (Å²) >= 11 is 0. The molecule has 0 aliphatic rings. The van der Waals surface area contributed by atoms with E-state index in [1.54, 1.807) is 13.8 Å². The van der Waals surface area contributed by atoms with Gasteiger partial charge in [-0.2, -0.15) is 54.4 Å². The van der Waals surface area contributed by atoms with Gasteiger partial charge in [-0.1, -0.05) is 39.5 Å². The second kappa shape index (κ2) is 133. The van der Waals surface area contributed by atoms with Gasteiger partial charge >= 0.3 is 43.4 Å². The van der Waals surface area contributed by atoms with Crippen LogP contribution in [0.25, 0.3) is 0 Å². The number of hydrogen-bond donors (Lipinski definition) is 0. The Morgan fingerprint density at radius 1 is 0.609 bits per heavy atom. The van der Waals surface area contributed by atoms with Crippen LogP contribution in [0.3, 0.4) is 0 Å². The fourth-order valence-electron chi connectivity index (χ4n) is 0.500. The van der Waals surface area contributed by atoms with E-state index in [2.05, 4.69) is 41.5 Å². The van der Waals surface area contributed by atoms with E-state index in [9.17, 15) is 0 Å². The molecule has 0 aromatic rings. The third-order valence-corrected chi connectivity index (χ3v) is 1.21. The molecule has 0 rings (SSSR count). The van der Waals surface area contributed by atoms with Gasteiger partial charge in [-0.05, 0) is 0 Å². The molecule has 1 nitrogen and oxygen atoms in total. The molecular formula is C20H48OTi2. The minimum atomic E-state index is 0. The van der Waals surface area contributed by atoms with Crippen LogP contribution < -0.4 is 0 Å². The van der Waals surface area contributed by atoms with Crippen LogP contribution in [0.1, 0.15) is 93.9 Å². The van der Waals surface area contributed by atoms with Gasteiger partial charge in [-0.25, -0.2) is 0 Å². The zero-order chi connectivity index (χ0) is 17.7. The molecule has 0 heterocycles. The molecule has 0 unspecified atom stereocenters. The van der Waals surface area contributed by atoms with Crippen LogP contribution in [0.15, 0.2) is 0 Å². The molecule has 0 atom stereocenters. The van der Waals surface area contributed by atoms with Crippen molar-refractivity contribution < 1.29 is 48.9 Å². The van der Waals surface area contributed by atoms with E-state index in [0.717, 1.165) is 12.8 Å². The fourth-order valence-corrected chi connectivity index (χ4v) is 0.500. The van der Waals surface area contributed by atoms with Gasteiger partial charge in [0.1, 0.15) is 0 Å². The van der Waals surface area contributed by atoms with Gasteiger partial charge in [0.2, 0.25) is 0 Å². The molecule has 0 bridgehead atoms. The molecule has 0 aliphatic carbocycles. The first kappa shape index (κ1) is 56.3. The summed E-state index contributed by atoms with van der Waals surface area (Å²) in [6.45, 7) is 29.7. The summed E-state index contributed by atoms with van der Waals surface area (Å²) in [6.07, 6.45) is 11.3. The van der Waals surface area contributed by atoms with E-state index < -0.39 is 0 Å². The Labute approximate surface area is 182 Å². The molecule has 0 spiro atoms. The van der Waals surface area contributed by atoms with Gasteiger partial charge in [0.25, 0.3) is 0 Å². The van der Waals surface area contributed by atoms with E-state index >= 15 is 0 Å². The molecule has 2 N–H and O–H groups in total. The SMILES string of the molecule is C[CH-]C.C[CH-]C.O.[CH2-]C.[CH2-]C.[CH2-]CCCC.[CH2-]CCCC.[Ti+3].[Ti+3]. The molecule has 0 aromatic heterocycles. The van der Waals surface area contributed by atoms with Gasteiger partial charge in [0.15, 0.2) is 0 Å². The van der Waals surface area contributed by atoms with Crippen LogP contribution >= 0.6 is 0 Å². The van der Waals surface area contributed by atoms with E-state index in [1.165, 1.54) is 25.7 Å². The molecule has 142 valence electrons. The molecule has 3 heteroatoms. The maximum atomic E-state index is 3.68. The molecule has 23 heavy (non-hydrogen) atoms. The summed E-state index contributed by atoms with van der Waals surface area (Å²) in [5, 5.41) is 0. The summed E-state index contributed by atoms with van der Waals surface area (Å²) in [5.74, 6) is 0. The molecular weight excluding hydrogens is 352 g/mol. The van der Waals surface area contributed by atoms with Gasteiger partial charge in [0, 0.05) is 0 Å². The minimum Gasteiger partial charge on any atom is -0.412 e. The quantitative estimate of drug-likeness (QED) is 0.349. The molecule has 0 fully saturated rings. The molecule has 0 aromatic carbocycles. The molecule has 2 radical (unpaired) electrons. The Balaban J connectivity index is -0.0000000148. The van der Waals surface area contributed by atoms with Crippen molar-refractivity contribution in [3.05, 3.63) is 40.5 Å². The summed E-state index contributed by atoms with van der Waals surface area (Å²) in [7, 11) is 0. The van der Waals surface area contributed by atoms with Crippen LogP contribution in [-0.2, 0) is 43.4 Å². The van der Waals surface area contributed by atoms with Crippen molar-refractivity contribution in [2.75, 3.05) is 0 Å². The van der Waals surface area contributed by atoms with E-state index in [4.69, 9.17) is 0 Å². The maximum absolute atomic E-state index is 3.68. The van der Waals surface area contributed by atoms with E-state index in [-0.39, 0.29) is 48.9 Å². The average molecular weight is 400 g/mol. The largest absolute Gasteiger partial charge is 3.00 e. The first-order chi connectivity index (χ1) is 9.66. The Morgan fingerprint density at radius 3 is 0.739 bits per heavy atom. The predicted molar refractivity (Wildman–Crippen MR) is 107 cm³/mol. The third kappa shape index (κ3) is 368. The Bertz CT molecular complexity index is 51.6. The Hall–Kier alpha value is 1.39. The average Bonchev–Trinajstić information content (AvgIpc) is 2.47. The van der Waals surface area contributed by atoms with E-state index in [0.29, 0.717) is 0 Å². The molecule has 0 saturated heterocycles. The number of hydrogen-bond acceptors (Lipinski definition) is 0. The zero-order valence-corrected chi connectivity index (χ0v) is 20.8. The van der Waals surface area contributed by atoms with Gasteiger partial charge in [-0.3, -0.25) is 0 Å². The van der Waals surface area contributed by atoms with Crippen LogP contribution in [0.4, 0.5) is 0 Å². The maximum Gasteiger partial charge on any atom is 3.00 e. The summed E-state index contributed by atoms with van der Waals surface area (Å²) in [4.78, 5) is 0. The zero-order valence-electron chi connectivity index (χ0n) is 17.7. The normalized spacial score (nSPS) is 5.74. The van der Waals surface area contributed by atoms with Crippen LogP contribution in [-0.4, -0.2) is 5.48 Å². The van der Waals surface area contributed by atoms with Crippen molar-refractivity contribution in [3.63, 3.8) is 0 Å². The second-order valence-electron chi connectivity index (χ2n) is 3.57. The van der Waals surface area contributed by atoms with Crippen LogP contribution in [0, 0.1) is 40.5 Å². The third-order valence-electron chi connectivity index (χ3n) is 1.21. The predicted octanol–water partition coefficient (Wildman–Crippen LogP) is 7.33. The smallest absolute Gasteiger partial charge is 0.412 e. The molecule has 0 amide bonds. The van der Waals surface area contributed by atoms with Crippen molar-refractivity contribution in [1.82, 2.24) is 0 Å². The monoisotopic (exact) mass is 400 g/mol. The van der Waals surface area contributed by atoms with E-state index in [1.807, 2.05) is 40.5 Å². The molecule has 0 aliphatic heterocycles. The second-order valence-corrected chi connectivity index (χ2v) is 3.57. The summed E-state index contributed by atoms with van der Waals surface area (Å²) in [5.41, 5.74) is 0. The Kier molecular flexibility index (Phi) is 326. The molecule has 0 saturated carbocycles. The fraction of sp³-hybridized carbons (Fsp3) is 0.700. The van der Waals surface area contributed by atoms with Crippen molar-refractivity contribution >= 4 is 0 Å². The topological polar surface area (TPSA) is 31.5 Å². The van der Waals surface area contributed by atoms with Crippen LogP contribution in [0.5, 0.6) is 0 Å². The Morgan fingerprint density at radius 2 is 0.739 bits per heavy atom. The summed E-state index contributed by atoms with van der Waals surface area (Å²) in [6, 6.07) is 0. The number of rotatable bonds is 4. The van der Waals surface area contributed by atoms with Gasteiger partial charge in [0.05, 0.1) is 0 Å². The first-order valence-corrected chi connectivity index (χ1v) is 8.14.